The number of hydrogen-bond acceptors (Lipinski definition) is 5. The zero-order valence-electron chi connectivity index (χ0n) is 14.8. The number of methoxy groups -OCH3 is 1. The van der Waals surface area contributed by atoms with Crippen LogP contribution in [0.2, 0.25) is 0 Å². The van der Waals surface area contributed by atoms with Crippen molar-refractivity contribution in [3.63, 3.8) is 0 Å². The SMILES string of the molecule is COc1cccc(CN(CCN(C)C)Cc2sc(C)nc2C)c1. The highest BCUT2D eigenvalue weighted by molar-refractivity contribution is 7.11. The molecule has 0 bridgehead atoms. The van der Waals surface area contributed by atoms with Crippen LogP contribution < -0.4 is 4.74 Å². The molecule has 4 nitrogen and oxygen atoms in total. The lowest BCUT2D eigenvalue weighted by atomic mass is 10.2. The molecule has 0 saturated heterocycles. The summed E-state index contributed by atoms with van der Waals surface area (Å²) in [7, 11) is 5.95. The molecule has 1 aromatic heterocycles. The summed E-state index contributed by atoms with van der Waals surface area (Å²) in [6.07, 6.45) is 0. The van der Waals surface area contributed by atoms with Crippen LogP contribution in [0.5, 0.6) is 5.75 Å². The van der Waals surface area contributed by atoms with E-state index in [4.69, 9.17) is 4.74 Å². The van der Waals surface area contributed by atoms with Gasteiger partial charge in [-0.05, 0) is 45.6 Å². The van der Waals surface area contributed by atoms with E-state index in [1.54, 1.807) is 18.4 Å². The highest BCUT2D eigenvalue weighted by atomic mass is 32.1. The van der Waals surface area contributed by atoms with Crippen molar-refractivity contribution in [3.05, 3.63) is 45.4 Å². The van der Waals surface area contributed by atoms with E-state index in [-0.39, 0.29) is 0 Å². The molecule has 2 aromatic rings. The Kier molecular flexibility index (Phi) is 6.57. The van der Waals surface area contributed by atoms with E-state index in [2.05, 4.69) is 60.9 Å². The van der Waals surface area contributed by atoms with Gasteiger partial charge in [0.05, 0.1) is 17.8 Å². The van der Waals surface area contributed by atoms with Crippen molar-refractivity contribution in [1.29, 1.82) is 0 Å². The van der Waals surface area contributed by atoms with E-state index in [1.165, 1.54) is 10.4 Å². The third kappa shape index (κ3) is 5.61. The van der Waals surface area contributed by atoms with Crippen molar-refractivity contribution in [2.75, 3.05) is 34.3 Å². The van der Waals surface area contributed by atoms with Crippen molar-refractivity contribution in [3.8, 4) is 5.75 Å². The first-order chi connectivity index (χ1) is 11.0. The molecular formula is C18H27N3OS. The summed E-state index contributed by atoms with van der Waals surface area (Å²) in [6, 6.07) is 8.33. The zero-order chi connectivity index (χ0) is 16.8. The van der Waals surface area contributed by atoms with Gasteiger partial charge < -0.3 is 9.64 Å². The maximum absolute atomic E-state index is 5.34. The number of thiazole rings is 1. The molecule has 0 radical (unpaired) electrons. The fraction of sp³-hybridized carbons (Fsp3) is 0.500. The molecule has 2 rings (SSSR count). The summed E-state index contributed by atoms with van der Waals surface area (Å²) < 4.78 is 5.34. The van der Waals surface area contributed by atoms with Gasteiger partial charge in [-0.1, -0.05) is 12.1 Å². The van der Waals surface area contributed by atoms with Gasteiger partial charge in [0.1, 0.15) is 5.75 Å². The van der Waals surface area contributed by atoms with Gasteiger partial charge in [-0.15, -0.1) is 11.3 Å². The highest BCUT2D eigenvalue weighted by Crippen LogP contribution is 2.21. The summed E-state index contributed by atoms with van der Waals surface area (Å²) in [5, 5.41) is 1.14. The van der Waals surface area contributed by atoms with Gasteiger partial charge in [-0.25, -0.2) is 4.98 Å². The molecule has 0 aliphatic heterocycles. The molecule has 0 unspecified atom stereocenters. The van der Waals surface area contributed by atoms with E-state index in [0.29, 0.717) is 0 Å². The lowest BCUT2D eigenvalue weighted by molar-refractivity contribution is 0.227. The minimum Gasteiger partial charge on any atom is -0.497 e. The van der Waals surface area contributed by atoms with E-state index in [1.807, 2.05) is 6.07 Å². The van der Waals surface area contributed by atoms with Gasteiger partial charge in [-0.3, -0.25) is 4.90 Å². The summed E-state index contributed by atoms with van der Waals surface area (Å²) in [4.78, 5) is 10.6. The minimum atomic E-state index is 0.917. The van der Waals surface area contributed by atoms with Crippen LogP contribution in [0.15, 0.2) is 24.3 Å². The Bertz CT molecular complexity index is 624. The van der Waals surface area contributed by atoms with E-state index >= 15 is 0 Å². The first-order valence-corrected chi connectivity index (χ1v) is 8.72. The monoisotopic (exact) mass is 333 g/mol. The first-order valence-electron chi connectivity index (χ1n) is 7.91. The Balaban J connectivity index is 2.11. The van der Waals surface area contributed by atoms with Crippen LogP contribution >= 0.6 is 11.3 Å². The molecule has 5 heteroatoms. The second kappa shape index (κ2) is 8.43. The number of hydrogen-bond donors (Lipinski definition) is 0. The molecule has 0 aliphatic rings. The summed E-state index contributed by atoms with van der Waals surface area (Å²) in [5.74, 6) is 0.917. The molecule has 0 aliphatic carbocycles. The quantitative estimate of drug-likeness (QED) is 0.741. The number of likely N-dealkylation sites (N-methyl/N-ethyl adjacent to an activating group) is 1. The van der Waals surface area contributed by atoms with Crippen LogP contribution in [0.3, 0.4) is 0 Å². The molecule has 0 amide bonds. The maximum Gasteiger partial charge on any atom is 0.119 e. The summed E-state index contributed by atoms with van der Waals surface area (Å²) >= 11 is 1.80. The average Bonchev–Trinajstić information content (AvgIpc) is 2.82. The molecule has 1 heterocycles. The molecular weight excluding hydrogens is 306 g/mol. The molecule has 0 fully saturated rings. The van der Waals surface area contributed by atoms with Crippen molar-refractivity contribution >= 4 is 11.3 Å². The van der Waals surface area contributed by atoms with Crippen molar-refractivity contribution in [1.82, 2.24) is 14.8 Å². The predicted molar refractivity (Wildman–Crippen MR) is 97.3 cm³/mol. The lowest BCUT2D eigenvalue weighted by Crippen LogP contribution is -2.31. The Morgan fingerprint density at radius 3 is 2.52 bits per heavy atom. The molecule has 0 spiro atoms. The number of nitrogens with zero attached hydrogens (tertiary/aromatic N) is 3. The maximum atomic E-state index is 5.34. The molecule has 0 N–H and O–H groups in total. The third-order valence-corrected chi connectivity index (χ3v) is 4.83. The molecule has 1 aromatic carbocycles. The number of aryl methyl sites for hydroxylation is 2. The molecule has 126 valence electrons. The van der Waals surface area contributed by atoms with Crippen LogP contribution in [-0.2, 0) is 13.1 Å². The van der Waals surface area contributed by atoms with Gasteiger partial charge >= 0.3 is 0 Å². The van der Waals surface area contributed by atoms with Crippen molar-refractivity contribution < 1.29 is 4.74 Å². The van der Waals surface area contributed by atoms with E-state index in [0.717, 1.165) is 42.6 Å². The largest absolute Gasteiger partial charge is 0.497 e. The van der Waals surface area contributed by atoms with Crippen molar-refractivity contribution in [2.45, 2.75) is 26.9 Å². The van der Waals surface area contributed by atoms with Crippen molar-refractivity contribution in [2.24, 2.45) is 0 Å². The predicted octanol–water partition coefficient (Wildman–Crippen LogP) is 3.33. The highest BCUT2D eigenvalue weighted by Gasteiger charge is 2.12. The fourth-order valence-corrected chi connectivity index (χ4v) is 3.49. The Hall–Kier alpha value is -1.43. The third-order valence-electron chi connectivity index (χ3n) is 3.77. The minimum absolute atomic E-state index is 0.917. The summed E-state index contributed by atoms with van der Waals surface area (Å²) in [6.45, 7) is 8.12. The van der Waals surface area contributed by atoms with Gasteiger partial charge in [-0.2, -0.15) is 0 Å². The standard InChI is InChI=1S/C18H27N3OS/c1-14-18(23-15(2)19-14)13-21(10-9-20(3)4)12-16-7-6-8-17(11-16)22-5/h6-8,11H,9-10,12-13H2,1-5H3. The summed E-state index contributed by atoms with van der Waals surface area (Å²) in [5.41, 5.74) is 2.44. The van der Waals surface area contributed by atoms with Gasteiger partial charge in [0.2, 0.25) is 0 Å². The van der Waals surface area contributed by atoms with Crippen LogP contribution in [0.25, 0.3) is 0 Å². The van der Waals surface area contributed by atoms with E-state index in [9.17, 15) is 0 Å². The lowest BCUT2D eigenvalue weighted by Gasteiger charge is -2.24. The molecule has 0 atom stereocenters. The van der Waals surface area contributed by atoms with Gasteiger partial charge in [0.25, 0.3) is 0 Å². The van der Waals surface area contributed by atoms with Gasteiger partial charge in [0, 0.05) is 31.1 Å². The van der Waals surface area contributed by atoms with Gasteiger partial charge in [0.15, 0.2) is 0 Å². The van der Waals surface area contributed by atoms with Crippen LogP contribution in [0, 0.1) is 13.8 Å². The number of aromatic nitrogens is 1. The Morgan fingerprint density at radius 2 is 1.91 bits per heavy atom. The number of benzene rings is 1. The van der Waals surface area contributed by atoms with E-state index < -0.39 is 0 Å². The number of rotatable bonds is 8. The smallest absolute Gasteiger partial charge is 0.119 e. The Labute approximate surface area is 143 Å². The zero-order valence-corrected chi connectivity index (χ0v) is 15.6. The van der Waals surface area contributed by atoms with Crippen LogP contribution in [0.4, 0.5) is 0 Å². The van der Waals surface area contributed by atoms with Crippen LogP contribution in [-0.4, -0.2) is 49.1 Å². The Morgan fingerprint density at radius 1 is 1.13 bits per heavy atom. The second-order valence-corrected chi connectivity index (χ2v) is 7.39. The topological polar surface area (TPSA) is 28.6 Å². The fourth-order valence-electron chi connectivity index (χ4n) is 2.51. The second-order valence-electron chi connectivity index (χ2n) is 6.11. The molecule has 0 saturated carbocycles. The van der Waals surface area contributed by atoms with Crippen LogP contribution in [0.1, 0.15) is 21.1 Å². The first kappa shape index (κ1) is 17.9. The number of ether oxygens (including phenoxy) is 1. The molecule has 23 heavy (non-hydrogen) atoms. The average molecular weight is 334 g/mol. The normalized spacial score (nSPS) is 11.4.